The molecular weight excluding hydrogens is 495 g/mol. The molecule has 1 aliphatic rings. The van der Waals surface area contributed by atoms with Gasteiger partial charge < -0.3 is 19.8 Å². The molecule has 4 heterocycles. The van der Waals surface area contributed by atoms with Crippen LogP contribution in [0.2, 0.25) is 0 Å². The molecule has 2 N–H and O–H groups in total. The number of nitrogens with zero attached hydrogens (tertiary/aromatic N) is 5. The quantitative estimate of drug-likeness (QED) is 0.383. The maximum atomic E-state index is 14.4. The lowest BCUT2D eigenvalue weighted by molar-refractivity contribution is 0.0727. The average Bonchev–Trinajstić information content (AvgIpc) is 3.63. The summed E-state index contributed by atoms with van der Waals surface area (Å²) in [5.74, 6) is 0.215. The number of halogens is 1. The number of thiazole rings is 1. The molecule has 9 nitrogen and oxygen atoms in total. The Balaban J connectivity index is 1.44. The lowest BCUT2D eigenvalue weighted by Crippen LogP contribution is -2.35. The van der Waals surface area contributed by atoms with Gasteiger partial charge in [-0.15, -0.1) is 21.5 Å². The molecule has 1 unspecified atom stereocenters. The normalized spacial score (nSPS) is 19.1. The first-order chi connectivity index (χ1) is 17.7. The molecule has 1 amide bonds. The number of alkyl halides is 1. The van der Waals surface area contributed by atoms with Crippen molar-refractivity contribution in [2.45, 2.75) is 44.4 Å². The Morgan fingerprint density at radius 3 is 2.81 bits per heavy atom. The molecule has 1 saturated heterocycles. The number of rotatable bonds is 7. The van der Waals surface area contributed by atoms with Gasteiger partial charge in [0.2, 0.25) is 11.8 Å². The molecule has 4 aromatic rings. The molecule has 11 heteroatoms. The van der Waals surface area contributed by atoms with E-state index in [1.807, 2.05) is 49.6 Å². The van der Waals surface area contributed by atoms with E-state index in [-0.39, 0.29) is 42.1 Å². The molecule has 1 fully saturated rings. The number of aromatic nitrogens is 4. The number of carbonyl (C=O) groups excluding carboxylic acids is 1. The number of likely N-dealkylation sites (tertiary alicyclic amines) is 1. The molecule has 5 rings (SSSR count). The zero-order valence-electron chi connectivity index (χ0n) is 20.7. The molecule has 37 heavy (non-hydrogen) atoms. The second kappa shape index (κ2) is 9.98. The summed E-state index contributed by atoms with van der Waals surface area (Å²) in [6, 6.07) is 10.9. The van der Waals surface area contributed by atoms with Crippen LogP contribution >= 0.6 is 11.3 Å². The summed E-state index contributed by atoms with van der Waals surface area (Å²) in [7, 11) is 1.46. The predicted molar refractivity (Wildman–Crippen MR) is 136 cm³/mol. The number of carbonyl (C=O) groups is 1. The van der Waals surface area contributed by atoms with E-state index in [1.165, 1.54) is 29.5 Å². The summed E-state index contributed by atoms with van der Waals surface area (Å²) in [5, 5.41) is 11.0. The van der Waals surface area contributed by atoms with Crippen LogP contribution in [0, 0.1) is 6.92 Å². The number of ether oxygens (including phenoxy) is 1. The number of hydrogen-bond acceptors (Lipinski definition) is 9. The standard InChI is InChI=1S/C26H27FN6O3S/c1-15-14-37-23(30-15)20-10-18(27)13-33(20)24(34)17-9-19(21(35-3)29-12-17)22-31-32-25(36-22)26(2,28)11-16-7-5-4-6-8-16/h4-9,12,14,18,20H,10-11,13,28H2,1-3H3/t18-,20+,26?/m0/s1. The van der Waals surface area contributed by atoms with Gasteiger partial charge in [0.1, 0.15) is 16.7 Å². The molecule has 0 bridgehead atoms. The third kappa shape index (κ3) is 5.09. The number of nitrogens with two attached hydrogens (primary N) is 1. The summed E-state index contributed by atoms with van der Waals surface area (Å²) in [4.78, 5) is 23.8. The number of aryl methyl sites for hydroxylation is 1. The van der Waals surface area contributed by atoms with Gasteiger partial charge in [-0.1, -0.05) is 30.3 Å². The van der Waals surface area contributed by atoms with Gasteiger partial charge in [0.25, 0.3) is 11.8 Å². The second-order valence-corrected chi connectivity index (χ2v) is 10.3. The maximum Gasteiger partial charge on any atom is 0.256 e. The van der Waals surface area contributed by atoms with Crippen molar-refractivity contribution in [2.75, 3.05) is 13.7 Å². The summed E-state index contributed by atoms with van der Waals surface area (Å²) >= 11 is 1.42. The monoisotopic (exact) mass is 522 g/mol. The summed E-state index contributed by atoms with van der Waals surface area (Å²) in [6.45, 7) is 3.67. The van der Waals surface area contributed by atoms with Crippen molar-refractivity contribution in [3.63, 3.8) is 0 Å². The van der Waals surface area contributed by atoms with E-state index in [4.69, 9.17) is 14.9 Å². The smallest absolute Gasteiger partial charge is 0.256 e. The minimum Gasteiger partial charge on any atom is -0.480 e. The van der Waals surface area contributed by atoms with E-state index >= 15 is 0 Å². The van der Waals surface area contributed by atoms with Crippen molar-refractivity contribution >= 4 is 17.2 Å². The van der Waals surface area contributed by atoms with Crippen LogP contribution in [0.4, 0.5) is 4.39 Å². The first-order valence-corrected chi connectivity index (χ1v) is 12.7. The number of pyridine rings is 1. The van der Waals surface area contributed by atoms with Crippen molar-refractivity contribution in [1.29, 1.82) is 0 Å². The molecule has 1 aliphatic heterocycles. The molecule has 3 atom stereocenters. The molecule has 1 aromatic carbocycles. The van der Waals surface area contributed by atoms with Crippen molar-refractivity contribution in [1.82, 2.24) is 25.1 Å². The molecule has 0 aliphatic carbocycles. The number of amides is 1. The van der Waals surface area contributed by atoms with E-state index in [1.54, 1.807) is 6.07 Å². The molecule has 0 radical (unpaired) electrons. The number of methoxy groups -OCH3 is 1. The highest BCUT2D eigenvalue weighted by molar-refractivity contribution is 7.09. The molecule has 0 spiro atoms. The molecule has 0 saturated carbocycles. The molecule has 3 aromatic heterocycles. The van der Waals surface area contributed by atoms with Gasteiger partial charge in [-0.2, -0.15) is 0 Å². The summed E-state index contributed by atoms with van der Waals surface area (Å²) in [6.07, 6.45) is 0.966. The van der Waals surface area contributed by atoms with Crippen molar-refractivity contribution < 1.29 is 18.3 Å². The second-order valence-electron chi connectivity index (χ2n) is 9.41. The van der Waals surface area contributed by atoms with E-state index in [2.05, 4.69) is 20.2 Å². The lowest BCUT2D eigenvalue weighted by atomic mass is 9.94. The highest BCUT2D eigenvalue weighted by atomic mass is 32.1. The lowest BCUT2D eigenvalue weighted by Gasteiger charge is -2.23. The van der Waals surface area contributed by atoms with Crippen LogP contribution in [0.3, 0.4) is 0 Å². The third-order valence-corrected chi connectivity index (χ3v) is 7.35. The minimum atomic E-state index is -1.13. The van der Waals surface area contributed by atoms with E-state index in [0.717, 1.165) is 16.3 Å². The van der Waals surface area contributed by atoms with Crippen LogP contribution in [0.5, 0.6) is 5.88 Å². The van der Waals surface area contributed by atoms with Crippen LogP contribution < -0.4 is 10.5 Å². The average molecular weight is 523 g/mol. The van der Waals surface area contributed by atoms with Gasteiger partial charge in [0, 0.05) is 23.7 Å². The Morgan fingerprint density at radius 1 is 1.32 bits per heavy atom. The van der Waals surface area contributed by atoms with E-state index in [0.29, 0.717) is 12.0 Å². The third-order valence-electron chi connectivity index (χ3n) is 6.28. The summed E-state index contributed by atoms with van der Waals surface area (Å²) < 4.78 is 25.8. The first kappa shape index (κ1) is 25.0. The van der Waals surface area contributed by atoms with Gasteiger partial charge in [0.05, 0.1) is 30.8 Å². The fraction of sp³-hybridized carbons (Fsp3) is 0.346. The van der Waals surface area contributed by atoms with Crippen molar-refractivity contribution in [3.05, 3.63) is 75.7 Å². The van der Waals surface area contributed by atoms with Gasteiger partial charge in [0.15, 0.2) is 0 Å². The fourth-order valence-electron chi connectivity index (χ4n) is 4.48. The van der Waals surface area contributed by atoms with Gasteiger partial charge in [-0.05, 0) is 31.9 Å². The van der Waals surface area contributed by atoms with Crippen LogP contribution in [0.1, 0.15) is 51.9 Å². The highest BCUT2D eigenvalue weighted by Crippen LogP contribution is 2.37. The Morgan fingerprint density at radius 2 is 2.11 bits per heavy atom. The van der Waals surface area contributed by atoms with Crippen LogP contribution in [-0.2, 0) is 12.0 Å². The van der Waals surface area contributed by atoms with E-state index < -0.39 is 17.8 Å². The predicted octanol–water partition coefficient (Wildman–Crippen LogP) is 4.25. The van der Waals surface area contributed by atoms with Crippen LogP contribution in [0.15, 0.2) is 52.4 Å². The zero-order valence-corrected chi connectivity index (χ0v) is 21.5. The van der Waals surface area contributed by atoms with Crippen molar-refractivity contribution in [2.24, 2.45) is 5.73 Å². The Kier molecular flexibility index (Phi) is 6.74. The van der Waals surface area contributed by atoms with Gasteiger partial charge in [-0.3, -0.25) is 4.79 Å². The fourth-order valence-corrected chi connectivity index (χ4v) is 5.40. The molecular formula is C26H27FN6O3S. The molecule has 192 valence electrons. The Hall–Kier alpha value is -3.70. The SMILES string of the molecule is COc1ncc(C(=O)N2C[C@@H](F)C[C@@H]2c2nc(C)cs2)cc1-c1nnc(C(C)(N)Cc2ccccc2)o1. The Labute approximate surface area is 217 Å². The van der Waals surface area contributed by atoms with Gasteiger partial charge >= 0.3 is 0 Å². The zero-order chi connectivity index (χ0) is 26.2. The first-order valence-electron chi connectivity index (χ1n) is 11.8. The van der Waals surface area contributed by atoms with Crippen molar-refractivity contribution in [3.8, 4) is 17.3 Å². The van der Waals surface area contributed by atoms with E-state index in [9.17, 15) is 9.18 Å². The minimum absolute atomic E-state index is 0.0147. The topological polar surface area (TPSA) is 120 Å². The van der Waals surface area contributed by atoms with Crippen LogP contribution in [0.25, 0.3) is 11.5 Å². The highest BCUT2D eigenvalue weighted by Gasteiger charge is 2.39. The van der Waals surface area contributed by atoms with Crippen LogP contribution in [-0.4, -0.2) is 50.8 Å². The van der Waals surface area contributed by atoms with Gasteiger partial charge in [-0.25, -0.2) is 14.4 Å². The number of benzene rings is 1. The number of hydrogen-bond donors (Lipinski definition) is 1. The largest absolute Gasteiger partial charge is 0.480 e. The Bertz CT molecular complexity index is 1410. The summed E-state index contributed by atoms with van der Waals surface area (Å²) in [5.41, 5.74) is 8.08. The maximum absolute atomic E-state index is 14.4.